The molecule has 2 nitrogen and oxygen atoms in total. The molecule has 0 aliphatic heterocycles. The van der Waals surface area contributed by atoms with Crippen molar-refractivity contribution in [1.82, 2.24) is 5.32 Å². The van der Waals surface area contributed by atoms with Crippen molar-refractivity contribution < 1.29 is 5.11 Å². The molecule has 100 valence electrons. The minimum Gasteiger partial charge on any atom is -0.393 e. The van der Waals surface area contributed by atoms with Crippen LogP contribution in [0.15, 0.2) is 18.2 Å². The highest BCUT2D eigenvalue weighted by Gasteiger charge is 2.37. The number of nitrogens with one attached hydrogen (secondary N) is 1. The van der Waals surface area contributed by atoms with E-state index < -0.39 is 0 Å². The predicted molar refractivity (Wildman–Crippen MR) is 76.5 cm³/mol. The molecule has 0 aromatic heterocycles. The average molecular weight is 288 g/mol. The molecule has 2 N–H and O–H groups in total. The van der Waals surface area contributed by atoms with Gasteiger partial charge in [0.2, 0.25) is 0 Å². The van der Waals surface area contributed by atoms with E-state index in [0.29, 0.717) is 10.0 Å². The van der Waals surface area contributed by atoms with Crippen molar-refractivity contribution in [3.63, 3.8) is 0 Å². The van der Waals surface area contributed by atoms with Crippen molar-refractivity contribution >= 4 is 23.2 Å². The lowest BCUT2D eigenvalue weighted by atomic mass is 9.68. The molecule has 4 heteroatoms. The van der Waals surface area contributed by atoms with Gasteiger partial charge in [0.1, 0.15) is 0 Å². The minimum absolute atomic E-state index is 0.0271. The maximum Gasteiger partial charge on any atom is 0.0595 e. The fourth-order valence-corrected chi connectivity index (χ4v) is 3.32. The molecule has 0 radical (unpaired) electrons. The van der Waals surface area contributed by atoms with Crippen LogP contribution in [-0.4, -0.2) is 24.8 Å². The third-order valence-electron chi connectivity index (χ3n) is 3.87. The Hall–Kier alpha value is -0.280. The smallest absolute Gasteiger partial charge is 0.0595 e. The molecule has 0 saturated heterocycles. The Kier molecular flexibility index (Phi) is 4.54. The number of hydrogen-bond acceptors (Lipinski definition) is 2. The van der Waals surface area contributed by atoms with Crippen LogP contribution in [0.3, 0.4) is 0 Å². The van der Waals surface area contributed by atoms with E-state index in [4.69, 9.17) is 23.2 Å². The standard InChI is InChI=1S/C14H19Cl2NO/c1-17-9-14(6-2-3-11(18)8-14)10-4-5-12(15)13(16)7-10/h4-5,7,11,17-18H,2-3,6,8-9H2,1H3/t11-,14+/m0/s1. The summed E-state index contributed by atoms with van der Waals surface area (Å²) in [6, 6.07) is 5.82. The van der Waals surface area contributed by atoms with Gasteiger partial charge in [-0.2, -0.15) is 0 Å². The van der Waals surface area contributed by atoms with E-state index in [0.717, 1.165) is 32.2 Å². The van der Waals surface area contributed by atoms with Crippen LogP contribution >= 0.6 is 23.2 Å². The topological polar surface area (TPSA) is 32.3 Å². The molecule has 1 saturated carbocycles. The maximum absolute atomic E-state index is 9.97. The molecule has 0 bridgehead atoms. The molecule has 2 atom stereocenters. The minimum atomic E-state index is -0.221. The predicted octanol–water partition coefficient (Wildman–Crippen LogP) is 3.39. The van der Waals surface area contributed by atoms with Crippen LogP contribution in [0.5, 0.6) is 0 Å². The summed E-state index contributed by atoms with van der Waals surface area (Å²) in [5.41, 5.74) is 1.14. The Morgan fingerprint density at radius 1 is 1.39 bits per heavy atom. The van der Waals surface area contributed by atoms with Crippen LogP contribution in [0.4, 0.5) is 0 Å². The van der Waals surface area contributed by atoms with Crippen LogP contribution in [0.25, 0.3) is 0 Å². The summed E-state index contributed by atoms with van der Waals surface area (Å²) in [5.74, 6) is 0. The van der Waals surface area contributed by atoms with E-state index in [1.54, 1.807) is 0 Å². The summed E-state index contributed by atoms with van der Waals surface area (Å²) in [6.45, 7) is 0.849. The lowest BCUT2D eigenvalue weighted by molar-refractivity contribution is 0.0845. The molecule has 0 heterocycles. The summed E-state index contributed by atoms with van der Waals surface area (Å²) in [5, 5.41) is 14.4. The Labute approximate surface area is 118 Å². The Bertz CT molecular complexity index is 420. The van der Waals surface area contributed by atoms with Crippen LogP contribution in [-0.2, 0) is 5.41 Å². The lowest BCUT2D eigenvalue weighted by Crippen LogP contribution is -2.42. The van der Waals surface area contributed by atoms with E-state index in [1.165, 1.54) is 5.56 Å². The Balaban J connectivity index is 2.36. The monoisotopic (exact) mass is 287 g/mol. The second kappa shape index (κ2) is 5.79. The third-order valence-corrected chi connectivity index (χ3v) is 4.61. The van der Waals surface area contributed by atoms with Crippen molar-refractivity contribution in [2.24, 2.45) is 0 Å². The molecular weight excluding hydrogens is 269 g/mol. The van der Waals surface area contributed by atoms with Gasteiger partial charge in [-0.15, -0.1) is 0 Å². The Morgan fingerprint density at radius 2 is 2.17 bits per heavy atom. The van der Waals surface area contributed by atoms with Gasteiger partial charge < -0.3 is 10.4 Å². The van der Waals surface area contributed by atoms with Gasteiger partial charge >= 0.3 is 0 Å². The summed E-state index contributed by atoms with van der Waals surface area (Å²) in [4.78, 5) is 0. The fraction of sp³-hybridized carbons (Fsp3) is 0.571. The number of benzene rings is 1. The number of likely N-dealkylation sites (N-methyl/N-ethyl adjacent to an activating group) is 1. The lowest BCUT2D eigenvalue weighted by Gasteiger charge is -2.40. The molecule has 18 heavy (non-hydrogen) atoms. The second-order valence-electron chi connectivity index (χ2n) is 5.19. The SMILES string of the molecule is CNC[C@@]1(c2ccc(Cl)c(Cl)c2)CCC[C@H](O)C1. The molecule has 1 aromatic rings. The first kappa shape index (κ1) is 14.1. The van der Waals surface area contributed by atoms with Gasteiger partial charge in [-0.1, -0.05) is 29.3 Å². The van der Waals surface area contributed by atoms with E-state index >= 15 is 0 Å². The first-order valence-corrected chi connectivity index (χ1v) is 7.11. The molecular formula is C14H19Cl2NO. The first-order valence-electron chi connectivity index (χ1n) is 6.35. The molecule has 0 unspecified atom stereocenters. The first-order chi connectivity index (χ1) is 8.57. The van der Waals surface area contributed by atoms with Crippen molar-refractivity contribution in [3.8, 4) is 0 Å². The van der Waals surface area contributed by atoms with E-state index in [9.17, 15) is 5.11 Å². The Morgan fingerprint density at radius 3 is 2.78 bits per heavy atom. The van der Waals surface area contributed by atoms with E-state index in [1.807, 2.05) is 25.2 Å². The average Bonchev–Trinajstić information content (AvgIpc) is 2.33. The molecule has 1 fully saturated rings. The zero-order valence-electron chi connectivity index (χ0n) is 10.5. The molecule has 0 amide bonds. The molecule has 1 aliphatic rings. The zero-order valence-corrected chi connectivity index (χ0v) is 12.1. The molecule has 1 aromatic carbocycles. The fourth-order valence-electron chi connectivity index (χ4n) is 3.02. The van der Waals surface area contributed by atoms with Gasteiger partial charge in [-0.3, -0.25) is 0 Å². The maximum atomic E-state index is 9.97. The van der Waals surface area contributed by atoms with Crippen molar-refractivity contribution in [1.29, 1.82) is 0 Å². The summed E-state index contributed by atoms with van der Waals surface area (Å²) < 4.78 is 0. The van der Waals surface area contributed by atoms with Crippen molar-refractivity contribution in [3.05, 3.63) is 33.8 Å². The van der Waals surface area contributed by atoms with Crippen LogP contribution < -0.4 is 5.32 Å². The van der Waals surface area contributed by atoms with E-state index in [-0.39, 0.29) is 11.5 Å². The normalized spacial score (nSPS) is 28.3. The van der Waals surface area contributed by atoms with Gasteiger partial charge in [0.05, 0.1) is 16.1 Å². The zero-order chi connectivity index (χ0) is 13.2. The summed E-state index contributed by atoms with van der Waals surface area (Å²) in [7, 11) is 1.94. The number of aliphatic hydroxyl groups is 1. The number of halogens is 2. The van der Waals surface area contributed by atoms with Gasteiger partial charge in [-0.25, -0.2) is 0 Å². The summed E-state index contributed by atoms with van der Waals surface area (Å²) >= 11 is 12.1. The van der Waals surface area contributed by atoms with Crippen molar-refractivity contribution in [2.45, 2.75) is 37.2 Å². The van der Waals surface area contributed by atoms with Gasteiger partial charge in [0.15, 0.2) is 0 Å². The highest BCUT2D eigenvalue weighted by atomic mass is 35.5. The van der Waals surface area contributed by atoms with E-state index in [2.05, 4.69) is 5.32 Å². The van der Waals surface area contributed by atoms with Gasteiger partial charge in [-0.05, 0) is 50.4 Å². The third kappa shape index (κ3) is 2.83. The van der Waals surface area contributed by atoms with Crippen LogP contribution in [0.2, 0.25) is 10.0 Å². The molecule has 2 rings (SSSR count). The second-order valence-corrected chi connectivity index (χ2v) is 6.00. The largest absolute Gasteiger partial charge is 0.393 e. The molecule has 1 aliphatic carbocycles. The van der Waals surface area contributed by atoms with Gasteiger partial charge in [0.25, 0.3) is 0 Å². The number of hydrogen-bond donors (Lipinski definition) is 2. The number of aliphatic hydroxyl groups excluding tert-OH is 1. The number of rotatable bonds is 3. The highest BCUT2D eigenvalue weighted by Crippen LogP contribution is 2.40. The molecule has 0 spiro atoms. The summed E-state index contributed by atoms with van der Waals surface area (Å²) in [6.07, 6.45) is 3.58. The van der Waals surface area contributed by atoms with Crippen LogP contribution in [0, 0.1) is 0 Å². The highest BCUT2D eigenvalue weighted by molar-refractivity contribution is 6.42. The van der Waals surface area contributed by atoms with Crippen LogP contribution in [0.1, 0.15) is 31.2 Å². The van der Waals surface area contributed by atoms with Crippen molar-refractivity contribution in [2.75, 3.05) is 13.6 Å². The van der Waals surface area contributed by atoms with Gasteiger partial charge in [0, 0.05) is 12.0 Å². The quantitative estimate of drug-likeness (QED) is 0.893.